The Morgan fingerprint density at radius 2 is 1.97 bits per heavy atom. The SMILES string of the molecule is CC.CC1=C(/C=C2/c3nc4ccccc4c(CO[C@@H]4C=CC(O)C(CO)O4)c3CN2C)C(O)C(=O)OC1. The fourth-order valence-electron chi connectivity index (χ4n) is 4.64. The van der Waals surface area contributed by atoms with Crippen molar-refractivity contribution in [2.45, 2.75) is 58.5 Å². The second kappa shape index (κ2) is 11.5. The molecule has 0 saturated heterocycles. The molecule has 0 radical (unpaired) electrons. The van der Waals surface area contributed by atoms with E-state index < -0.39 is 30.6 Å². The molecule has 9 heteroatoms. The van der Waals surface area contributed by atoms with E-state index in [1.165, 1.54) is 0 Å². The van der Waals surface area contributed by atoms with Crippen LogP contribution in [0.1, 0.15) is 37.6 Å². The number of hydrogen-bond donors (Lipinski definition) is 3. The first-order chi connectivity index (χ1) is 17.9. The van der Waals surface area contributed by atoms with Gasteiger partial charge in [0.25, 0.3) is 0 Å². The van der Waals surface area contributed by atoms with Crippen LogP contribution in [0.4, 0.5) is 0 Å². The second-order valence-electron chi connectivity index (χ2n) is 8.98. The topological polar surface area (TPSA) is 122 Å². The van der Waals surface area contributed by atoms with Crippen LogP contribution in [0.3, 0.4) is 0 Å². The summed E-state index contributed by atoms with van der Waals surface area (Å²) in [5.74, 6) is -0.657. The van der Waals surface area contributed by atoms with E-state index in [2.05, 4.69) is 0 Å². The number of aromatic nitrogens is 1. The first kappa shape index (κ1) is 27.0. The minimum absolute atomic E-state index is 0.147. The Bertz CT molecular complexity index is 1250. The van der Waals surface area contributed by atoms with E-state index >= 15 is 0 Å². The smallest absolute Gasteiger partial charge is 0.339 e. The van der Waals surface area contributed by atoms with Crippen LogP contribution in [0.5, 0.6) is 0 Å². The summed E-state index contributed by atoms with van der Waals surface area (Å²) >= 11 is 0. The molecule has 198 valence electrons. The molecule has 0 bridgehead atoms. The van der Waals surface area contributed by atoms with Crippen LogP contribution in [0.25, 0.3) is 16.6 Å². The van der Waals surface area contributed by atoms with Gasteiger partial charge in [-0.25, -0.2) is 9.78 Å². The van der Waals surface area contributed by atoms with E-state index in [4.69, 9.17) is 19.2 Å². The van der Waals surface area contributed by atoms with Gasteiger partial charge in [-0.1, -0.05) is 38.1 Å². The van der Waals surface area contributed by atoms with Gasteiger partial charge in [-0.15, -0.1) is 0 Å². The van der Waals surface area contributed by atoms with E-state index in [1.807, 2.05) is 63.1 Å². The number of para-hydroxylation sites is 1. The predicted molar refractivity (Wildman–Crippen MR) is 138 cm³/mol. The number of hydrogen-bond acceptors (Lipinski definition) is 9. The van der Waals surface area contributed by atoms with Crippen LogP contribution in [-0.2, 0) is 32.2 Å². The fraction of sp³-hybridized carbons (Fsp3) is 0.429. The summed E-state index contributed by atoms with van der Waals surface area (Å²) in [5, 5.41) is 30.7. The van der Waals surface area contributed by atoms with Crippen molar-refractivity contribution >= 4 is 22.6 Å². The van der Waals surface area contributed by atoms with Crippen molar-refractivity contribution in [3.63, 3.8) is 0 Å². The Hall–Kier alpha value is -3.08. The number of aliphatic hydroxyl groups excluding tert-OH is 3. The largest absolute Gasteiger partial charge is 0.459 e. The monoisotopic (exact) mass is 510 g/mol. The molecule has 4 heterocycles. The van der Waals surface area contributed by atoms with Gasteiger partial charge in [0.1, 0.15) is 18.8 Å². The average molecular weight is 511 g/mol. The van der Waals surface area contributed by atoms with Gasteiger partial charge in [-0.05, 0) is 41.9 Å². The van der Waals surface area contributed by atoms with Crippen LogP contribution in [0.15, 0.2) is 53.6 Å². The highest BCUT2D eigenvalue weighted by Gasteiger charge is 2.32. The van der Waals surface area contributed by atoms with Crippen molar-refractivity contribution in [2.24, 2.45) is 0 Å². The summed E-state index contributed by atoms with van der Waals surface area (Å²) in [6, 6.07) is 7.79. The lowest BCUT2D eigenvalue weighted by molar-refractivity contribution is -0.184. The molecule has 37 heavy (non-hydrogen) atoms. The molecule has 0 spiro atoms. The molecule has 0 amide bonds. The Morgan fingerprint density at radius 3 is 2.73 bits per heavy atom. The Kier molecular flexibility index (Phi) is 8.41. The number of pyridine rings is 1. The lowest BCUT2D eigenvalue weighted by Gasteiger charge is -2.28. The molecule has 3 unspecified atom stereocenters. The number of cyclic esters (lactones) is 1. The number of aliphatic hydroxyl groups is 3. The molecular formula is C28H34N2O7. The van der Waals surface area contributed by atoms with Gasteiger partial charge in [-0.3, -0.25) is 0 Å². The van der Waals surface area contributed by atoms with Gasteiger partial charge in [0.05, 0.1) is 30.1 Å². The maximum Gasteiger partial charge on any atom is 0.339 e. The van der Waals surface area contributed by atoms with Gasteiger partial charge in [-0.2, -0.15) is 0 Å². The Labute approximate surface area is 216 Å². The lowest BCUT2D eigenvalue weighted by atomic mass is 9.98. The molecule has 2 aromatic rings. The average Bonchev–Trinajstić information content (AvgIpc) is 3.22. The van der Waals surface area contributed by atoms with Gasteiger partial charge in [0.15, 0.2) is 12.4 Å². The third-order valence-electron chi connectivity index (χ3n) is 6.62. The van der Waals surface area contributed by atoms with Gasteiger partial charge >= 0.3 is 5.97 Å². The minimum Gasteiger partial charge on any atom is -0.459 e. The molecule has 1 aromatic carbocycles. The summed E-state index contributed by atoms with van der Waals surface area (Å²) in [5.41, 5.74) is 5.62. The fourth-order valence-corrected chi connectivity index (χ4v) is 4.64. The summed E-state index contributed by atoms with van der Waals surface area (Å²) < 4.78 is 16.7. The highest BCUT2D eigenvalue weighted by Crippen LogP contribution is 2.38. The Morgan fingerprint density at radius 1 is 1.22 bits per heavy atom. The van der Waals surface area contributed by atoms with Crippen molar-refractivity contribution in [1.29, 1.82) is 0 Å². The van der Waals surface area contributed by atoms with Crippen molar-refractivity contribution in [3.8, 4) is 0 Å². The third-order valence-corrected chi connectivity index (χ3v) is 6.62. The first-order valence-corrected chi connectivity index (χ1v) is 12.5. The van der Waals surface area contributed by atoms with E-state index in [9.17, 15) is 20.1 Å². The van der Waals surface area contributed by atoms with E-state index in [0.29, 0.717) is 12.1 Å². The van der Waals surface area contributed by atoms with Crippen molar-refractivity contribution in [1.82, 2.24) is 9.88 Å². The van der Waals surface area contributed by atoms with Gasteiger partial charge in [0.2, 0.25) is 0 Å². The van der Waals surface area contributed by atoms with Crippen molar-refractivity contribution in [3.05, 3.63) is 70.5 Å². The van der Waals surface area contributed by atoms with Gasteiger partial charge < -0.3 is 34.4 Å². The summed E-state index contributed by atoms with van der Waals surface area (Å²) in [6.45, 7) is 6.47. The zero-order chi connectivity index (χ0) is 26.7. The predicted octanol–water partition coefficient (Wildman–Crippen LogP) is 2.43. The number of ether oxygens (including phenoxy) is 3. The van der Waals surface area contributed by atoms with Crippen LogP contribution >= 0.6 is 0 Å². The van der Waals surface area contributed by atoms with Crippen LogP contribution in [-0.4, -0.2) is 76.0 Å². The summed E-state index contributed by atoms with van der Waals surface area (Å²) in [4.78, 5) is 18.9. The zero-order valence-corrected chi connectivity index (χ0v) is 21.5. The molecule has 0 aliphatic carbocycles. The molecule has 0 fully saturated rings. The van der Waals surface area contributed by atoms with Crippen LogP contribution in [0.2, 0.25) is 0 Å². The number of esters is 1. The number of carbonyl (C=O) groups is 1. The van der Waals surface area contributed by atoms with Crippen molar-refractivity contribution in [2.75, 3.05) is 20.3 Å². The third kappa shape index (κ3) is 5.32. The second-order valence-corrected chi connectivity index (χ2v) is 8.98. The molecule has 0 saturated carbocycles. The molecule has 4 atom stereocenters. The maximum absolute atomic E-state index is 12.0. The quantitative estimate of drug-likeness (QED) is 0.411. The molecule has 9 nitrogen and oxygen atoms in total. The number of benzene rings is 1. The van der Waals surface area contributed by atoms with E-state index in [-0.39, 0.29) is 19.8 Å². The number of carbonyl (C=O) groups excluding carboxylic acids is 1. The zero-order valence-electron chi connectivity index (χ0n) is 21.5. The maximum atomic E-state index is 12.0. The van der Waals surface area contributed by atoms with Crippen LogP contribution < -0.4 is 0 Å². The highest BCUT2D eigenvalue weighted by molar-refractivity contribution is 5.88. The lowest BCUT2D eigenvalue weighted by Crippen LogP contribution is -2.38. The Balaban J connectivity index is 0.00000156. The van der Waals surface area contributed by atoms with E-state index in [0.717, 1.165) is 39.0 Å². The normalized spacial score (nSPS) is 26.3. The first-order valence-electron chi connectivity index (χ1n) is 12.5. The number of nitrogens with zero attached hydrogens (tertiary/aromatic N) is 2. The highest BCUT2D eigenvalue weighted by atomic mass is 16.7. The van der Waals surface area contributed by atoms with Crippen molar-refractivity contribution < 1.29 is 34.3 Å². The molecule has 3 N–H and O–H groups in total. The molecule has 3 aliphatic rings. The minimum atomic E-state index is -1.33. The molecular weight excluding hydrogens is 476 g/mol. The molecule has 1 aromatic heterocycles. The van der Waals surface area contributed by atoms with Gasteiger partial charge in [0, 0.05) is 24.5 Å². The standard InChI is InChI=1S/C26H28N2O7.C2H6/c1-14-12-34-26(32)25(31)16(14)9-20-24-17(10-28(20)2)18(15-5-3-4-6-19(15)27-24)13-33-23-8-7-21(30)22(11-29)35-23;1-2/h3-9,21-23,25,29-31H,10-13H2,1-2H3;1-2H3/b20-9-;/t21?,22?,23-,25?;/m0./s1. The number of rotatable bonds is 5. The summed E-state index contributed by atoms with van der Waals surface area (Å²) in [6.07, 6.45) is 1.36. The van der Waals surface area contributed by atoms with E-state index in [1.54, 1.807) is 12.2 Å². The molecule has 3 aliphatic heterocycles. The summed E-state index contributed by atoms with van der Waals surface area (Å²) in [7, 11) is 1.94. The van der Waals surface area contributed by atoms with Crippen LogP contribution in [0, 0.1) is 0 Å². The number of fused-ring (bicyclic) bond motifs is 2. The molecule has 5 rings (SSSR count).